The first-order valence-corrected chi connectivity index (χ1v) is 8.81. The molecule has 0 spiro atoms. The van der Waals surface area contributed by atoms with E-state index in [1.54, 1.807) is 0 Å². The van der Waals surface area contributed by atoms with Crippen molar-refractivity contribution in [1.29, 1.82) is 0 Å². The highest BCUT2D eigenvalue weighted by Crippen LogP contribution is 2.20. The second kappa shape index (κ2) is 8.19. The zero-order valence-electron chi connectivity index (χ0n) is 14.7. The number of nitrogens with one attached hydrogen (secondary N) is 1. The molecule has 1 amide bonds. The number of ether oxygens (including phenoxy) is 1. The van der Waals surface area contributed by atoms with Gasteiger partial charge in [-0.25, -0.2) is 4.98 Å². The smallest absolute Gasteiger partial charge is 0.226 e. The normalized spacial score (nSPS) is 17.8. The molecule has 1 N–H and O–H groups in total. The Kier molecular flexibility index (Phi) is 5.75. The van der Waals surface area contributed by atoms with Gasteiger partial charge in [0.2, 0.25) is 11.8 Å². The molecule has 0 aromatic carbocycles. The van der Waals surface area contributed by atoms with Crippen LogP contribution in [0.1, 0.15) is 56.2 Å². The number of morpholine rings is 1. The Morgan fingerprint density at radius 2 is 2.20 bits per heavy atom. The van der Waals surface area contributed by atoms with Gasteiger partial charge in [-0.2, -0.15) is 10.1 Å². The first-order valence-electron chi connectivity index (χ1n) is 8.81. The number of carbonyl (C=O) groups excluding carboxylic acids is 1. The Morgan fingerprint density at radius 1 is 1.32 bits per heavy atom. The summed E-state index contributed by atoms with van der Waals surface area (Å²) in [5.74, 6) is 2.85. The molecule has 1 aliphatic heterocycles. The van der Waals surface area contributed by atoms with E-state index in [4.69, 9.17) is 9.26 Å². The van der Waals surface area contributed by atoms with Gasteiger partial charge in [0, 0.05) is 32.2 Å². The Labute approximate surface area is 146 Å². The minimum absolute atomic E-state index is 0.106. The van der Waals surface area contributed by atoms with Gasteiger partial charge in [-0.05, 0) is 6.42 Å². The lowest BCUT2D eigenvalue weighted by Gasteiger charge is -2.31. The van der Waals surface area contributed by atoms with E-state index >= 15 is 0 Å². The summed E-state index contributed by atoms with van der Waals surface area (Å²) in [6.07, 6.45) is 3.03. The minimum atomic E-state index is -0.266. The predicted molar refractivity (Wildman–Crippen MR) is 87.6 cm³/mol. The average Bonchev–Trinajstić information content (AvgIpc) is 3.31. The predicted octanol–water partition coefficient (Wildman–Crippen LogP) is 1.24. The van der Waals surface area contributed by atoms with Crippen LogP contribution in [0.4, 0.5) is 0 Å². The summed E-state index contributed by atoms with van der Waals surface area (Å²) < 4.78 is 10.9. The molecular formula is C16H24N6O3. The lowest BCUT2D eigenvalue weighted by molar-refractivity contribution is -0.139. The molecule has 1 saturated heterocycles. The van der Waals surface area contributed by atoms with Crippen molar-refractivity contribution in [2.75, 3.05) is 19.7 Å². The third kappa shape index (κ3) is 4.41. The Morgan fingerprint density at radius 3 is 2.92 bits per heavy atom. The van der Waals surface area contributed by atoms with Crippen LogP contribution in [0, 0.1) is 0 Å². The number of H-pyrrole nitrogens is 1. The van der Waals surface area contributed by atoms with Gasteiger partial charge in [-0.3, -0.25) is 9.89 Å². The molecule has 0 aliphatic carbocycles. The molecule has 0 bridgehead atoms. The zero-order chi connectivity index (χ0) is 17.6. The second-order valence-electron chi connectivity index (χ2n) is 6.00. The van der Waals surface area contributed by atoms with E-state index < -0.39 is 0 Å². The number of amides is 1. The Hall–Kier alpha value is -2.29. The second-order valence-corrected chi connectivity index (χ2v) is 6.00. The lowest BCUT2D eigenvalue weighted by Crippen LogP contribution is -2.42. The SMILES string of the molecule is CCc1noc(CCCC(=O)N2CCO[C@@H](c3n[nH]c(CC)n3)C2)n1. The van der Waals surface area contributed by atoms with E-state index in [2.05, 4.69) is 25.3 Å². The number of aromatic amines is 1. The monoisotopic (exact) mass is 348 g/mol. The van der Waals surface area contributed by atoms with Crippen LogP contribution < -0.4 is 0 Å². The number of nitrogens with zero attached hydrogens (tertiary/aromatic N) is 5. The standard InChI is InChI=1S/C16H24N6O3/c1-3-12-18-16(20-19-12)11-10-22(8-9-24-11)15(23)7-5-6-14-17-13(4-2)21-25-14/h11H,3-10H2,1-2H3,(H,18,19,20)/t11-/m1/s1. The minimum Gasteiger partial charge on any atom is -0.366 e. The van der Waals surface area contributed by atoms with Crippen LogP contribution in [0.3, 0.4) is 0 Å². The first-order chi connectivity index (χ1) is 12.2. The summed E-state index contributed by atoms with van der Waals surface area (Å²) >= 11 is 0. The highest BCUT2D eigenvalue weighted by atomic mass is 16.5. The third-order valence-corrected chi connectivity index (χ3v) is 4.20. The molecule has 0 unspecified atom stereocenters. The molecule has 3 heterocycles. The van der Waals surface area contributed by atoms with Crippen molar-refractivity contribution in [3.63, 3.8) is 0 Å². The van der Waals surface area contributed by atoms with E-state index in [0.717, 1.165) is 18.7 Å². The van der Waals surface area contributed by atoms with Crippen molar-refractivity contribution in [1.82, 2.24) is 30.2 Å². The molecule has 9 nitrogen and oxygen atoms in total. The van der Waals surface area contributed by atoms with Gasteiger partial charge in [-0.1, -0.05) is 19.0 Å². The van der Waals surface area contributed by atoms with Crippen molar-refractivity contribution in [2.45, 2.75) is 52.1 Å². The van der Waals surface area contributed by atoms with Crippen LogP contribution in [0.15, 0.2) is 4.52 Å². The maximum Gasteiger partial charge on any atom is 0.226 e. The van der Waals surface area contributed by atoms with Crippen molar-refractivity contribution in [2.24, 2.45) is 0 Å². The highest BCUT2D eigenvalue weighted by Gasteiger charge is 2.27. The summed E-state index contributed by atoms with van der Waals surface area (Å²) in [6.45, 7) is 5.57. The molecule has 25 heavy (non-hydrogen) atoms. The van der Waals surface area contributed by atoms with Gasteiger partial charge in [-0.15, -0.1) is 0 Å². The molecule has 0 radical (unpaired) electrons. The van der Waals surface area contributed by atoms with E-state index in [1.807, 2.05) is 18.7 Å². The van der Waals surface area contributed by atoms with Crippen LogP contribution in [0.5, 0.6) is 0 Å². The fourth-order valence-corrected chi connectivity index (χ4v) is 2.73. The summed E-state index contributed by atoms with van der Waals surface area (Å²) in [6, 6.07) is 0. The van der Waals surface area contributed by atoms with Gasteiger partial charge in [0.05, 0.1) is 13.2 Å². The summed E-state index contributed by atoms with van der Waals surface area (Å²) in [5, 5.41) is 10.9. The maximum absolute atomic E-state index is 12.4. The van der Waals surface area contributed by atoms with Crippen LogP contribution in [-0.4, -0.2) is 55.8 Å². The third-order valence-electron chi connectivity index (χ3n) is 4.20. The number of aromatic nitrogens is 5. The van der Waals surface area contributed by atoms with Crippen molar-refractivity contribution >= 4 is 5.91 Å². The fraction of sp³-hybridized carbons (Fsp3) is 0.688. The molecule has 1 fully saturated rings. The number of hydrogen-bond acceptors (Lipinski definition) is 7. The molecular weight excluding hydrogens is 324 g/mol. The summed E-state index contributed by atoms with van der Waals surface area (Å²) in [7, 11) is 0. The number of carbonyl (C=O) groups is 1. The van der Waals surface area contributed by atoms with E-state index in [0.29, 0.717) is 56.5 Å². The number of rotatable bonds is 7. The number of aryl methyl sites for hydroxylation is 3. The Balaban J connectivity index is 1.48. The van der Waals surface area contributed by atoms with E-state index in [1.165, 1.54) is 0 Å². The summed E-state index contributed by atoms with van der Waals surface area (Å²) in [5.41, 5.74) is 0. The molecule has 0 saturated carbocycles. The van der Waals surface area contributed by atoms with E-state index in [9.17, 15) is 4.79 Å². The van der Waals surface area contributed by atoms with Crippen molar-refractivity contribution in [3.05, 3.63) is 23.4 Å². The lowest BCUT2D eigenvalue weighted by atomic mass is 10.2. The molecule has 9 heteroatoms. The van der Waals surface area contributed by atoms with Gasteiger partial charge >= 0.3 is 0 Å². The fourth-order valence-electron chi connectivity index (χ4n) is 2.73. The van der Waals surface area contributed by atoms with Crippen molar-refractivity contribution < 1.29 is 14.1 Å². The van der Waals surface area contributed by atoms with Crippen LogP contribution in [0.25, 0.3) is 0 Å². The van der Waals surface area contributed by atoms with Gasteiger partial charge in [0.1, 0.15) is 11.9 Å². The van der Waals surface area contributed by atoms with Crippen LogP contribution >= 0.6 is 0 Å². The maximum atomic E-state index is 12.4. The molecule has 2 aromatic rings. The summed E-state index contributed by atoms with van der Waals surface area (Å²) in [4.78, 5) is 22.9. The quantitative estimate of drug-likeness (QED) is 0.801. The zero-order valence-corrected chi connectivity index (χ0v) is 14.7. The van der Waals surface area contributed by atoms with Gasteiger partial charge < -0.3 is 14.2 Å². The average molecular weight is 348 g/mol. The molecule has 2 aromatic heterocycles. The molecule has 3 rings (SSSR count). The Bertz CT molecular complexity index is 698. The first kappa shape index (κ1) is 17.5. The molecule has 136 valence electrons. The largest absolute Gasteiger partial charge is 0.366 e. The highest BCUT2D eigenvalue weighted by molar-refractivity contribution is 5.76. The topological polar surface area (TPSA) is 110 Å². The van der Waals surface area contributed by atoms with Gasteiger partial charge in [0.15, 0.2) is 11.6 Å². The number of hydrogen-bond donors (Lipinski definition) is 1. The van der Waals surface area contributed by atoms with Crippen molar-refractivity contribution in [3.8, 4) is 0 Å². The van der Waals surface area contributed by atoms with Crippen LogP contribution in [-0.2, 0) is 28.8 Å². The molecule has 1 aliphatic rings. The molecule has 1 atom stereocenters. The van der Waals surface area contributed by atoms with E-state index in [-0.39, 0.29) is 12.0 Å². The van der Waals surface area contributed by atoms with Gasteiger partial charge in [0.25, 0.3) is 0 Å². The van der Waals surface area contributed by atoms with Crippen LogP contribution in [0.2, 0.25) is 0 Å².